The topological polar surface area (TPSA) is 43.8 Å². The highest BCUT2D eigenvalue weighted by Crippen LogP contribution is 2.25. The van der Waals surface area contributed by atoms with E-state index >= 15 is 0 Å². The molecule has 0 aliphatic heterocycles. The minimum atomic E-state index is 0.382. The van der Waals surface area contributed by atoms with Gasteiger partial charge < -0.3 is 5.73 Å². The van der Waals surface area contributed by atoms with Crippen LogP contribution in [0.2, 0.25) is 0 Å². The maximum atomic E-state index is 5.64. The Hall–Kier alpha value is -1.98. The van der Waals surface area contributed by atoms with Crippen LogP contribution in [0.4, 0.5) is 0 Å². The highest BCUT2D eigenvalue weighted by molar-refractivity contribution is 9.10. The van der Waals surface area contributed by atoms with Gasteiger partial charge in [-0.15, -0.1) is 0 Å². The molecular weight excluding hydrogens is 346 g/mol. The predicted octanol–water partition coefficient (Wildman–Crippen LogP) is 3.94. The molecule has 1 heterocycles. The maximum Gasteiger partial charge on any atom is 0.104 e. The van der Waals surface area contributed by atoms with Crippen LogP contribution < -0.4 is 5.73 Å². The molecule has 3 rings (SSSR count). The number of aromatic nitrogens is 2. The summed E-state index contributed by atoms with van der Waals surface area (Å²) in [6, 6.07) is 15.9. The van der Waals surface area contributed by atoms with Crippen molar-refractivity contribution in [2.75, 3.05) is 0 Å². The lowest BCUT2D eigenvalue weighted by Gasteiger charge is -2.06. The molecule has 0 radical (unpaired) electrons. The Morgan fingerprint density at radius 2 is 1.86 bits per heavy atom. The zero-order chi connectivity index (χ0) is 14.8. The molecule has 0 fully saturated rings. The van der Waals surface area contributed by atoms with Crippen molar-refractivity contribution in [2.45, 2.75) is 0 Å². The second-order valence-electron chi connectivity index (χ2n) is 4.57. The molecule has 104 valence electrons. The number of hydrogen-bond acceptors (Lipinski definition) is 2. The fourth-order valence-electron chi connectivity index (χ4n) is 2.08. The van der Waals surface area contributed by atoms with Crippen molar-refractivity contribution in [1.82, 2.24) is 9.78 Å². The van der Waals surface area contributed by atoms with Gasteiger partial charge in [-0.3, -0.25) is 0 Å². The van der Waals surface area contributed by atoms with E-state index in [0.717, 1.165) is 26.9 Å². The third kappa shape index (κ3) is 2.89. The minimum absolute atomic E-state index is 0.382. The predicted molar refractivity (Wildman–Crippen MR) is 92.6 cm³/mol. The van der Waals surface area contributed by atoms with Gasteiger partial charge in [0.1, 0.15) is 4.99 Å². The van der Waals surface area contributed by atoms with Crippen molar-refractivity contribution in [3.05, 3.63) is 71.0 Å². The molecule has 3 nitrogen and oxygen atoms in total. The number of benzene rings is 2. The molecule has 0 unspecified atom stereocenters. The molecule has 1 aromatic heterocycles. The van der Waals surface area contributed by atoms with Crippen LogP contribution in [0.25, 0.3) is 16.8 Å². The number of halogens is 1. The summed E-state index contributed by atoms with van der Waals surface area (Å²) in [5.41, 5.74) is 9.62. The van der Waals surface area contributed by atoms with Gasteiger partial charge in [0, 0.05) is 21.8 Å². The van der Waals surface area contributed by atoms with Crippen molar-refractivity contribution in [1.29, 1.82) is 0 Å². The number of thiocarbonyl (C=S) groups is 1. The third-order valence-electron chi connectivity index (χ3n) is 3.17. The van der Waals surface area contributed by atoms with Gasteiger partial charge in [0.2, 0.25) is 0 Å². The molecule has 0 aliphatic carbocycles. The SMILES string of the molecule is NC(=S)c1ccc(-n2cc(-c3ccccc3)cn2)c(Br)c1. The Morgan fingerprint density at radius 3 is 2.52 bits per heavy atom. The highest BCUT2D eigenvalue weighted by Gasteiger charge is 2.08. The van der Waals surface area contributed by atoms with Gasteiger partial charge in [-0.05, 0) is 39.7 Å². The van der Waals surface area contributed by atoms with Gasteiger partial charge in [-0.25, -0.2) is 4.68 Å². The zero-order valence-corrected chi connectivity index (χ0v) is 13.4. The second-order valence-corrected chi connectivity index (χ2v) is 5.86. The monoisotopic (exact) mass is 357 g/mol. The van der Waals surface area contributed by atoms with E-state index < -0.39 is 0 Å². The summed E-state index contributed by atoms with van der Waals surface area (Å²) in [5, 5.41) is 4.42. The first kappa shape index (κ1) is 14.0. The Bertz CT molecular complexity index is 796. The van der Waals surface area contributed by atoms with E-state index in [-0.39, 0.29) is 0 Å². The summed E-state index contributed by atoms with van der Waals surface area (Å²) >= 11 is 8.53. The van der Waals surface area contributed by atoms with E-state index in [4.69, 9.17) is 18.0 Å². The minimum Gasteiger partial charge on any atom is -0.389 e. The summed E-state index contributed by atoms with van der Waals surface area (Å²) < 4.78 is 2.73. The quantitative estimate of drug-likeness (QED) is 0.722. The Labute approximate surface area is 136 Å². The lowest BCUT2D eigenvalue weighted by molar-refractivity contribution is 0.876. The van der Waals surface area contributed by atoms with E-state index in [1.165, 1.54) is 0 Å². The molecule has 5 heteroatoms. The van der Waals surface area contributed by atoms with Crippen LogP contribution in [0.15, 0.2) is 65.4 Å². The summed E-state index contributed by atoms with van der Waals surface area (Å²) in [6.45, 7) is 0. The Kier molecular flexibility index (Phi) is 3.86. The van der Waals surface area contributed by atoms with Crippen LogP contribution in [0.3, 0.4) is 0 Å². The molecule has 21 heavy (non-hydrogen) atoms. The summed E-state index contributed by atoms with van der Waals surface area (Å²) in [4.78, 5) is 0.382. The highest BCUT2D eigenvalue weighted by atomic mass is 79.9. The van der Waals surface area contributed by atoms with E-state index in [9.17, 15) is 0 Å². The van der Waals surface area contributed by atoms with Gasteiger partial charge in [-0.1, -0.05) is 42.5 Å². The molecule has 2 aromatic carbocycles. The summed E-state index contributed by atoms with van der Waals surface area (Å²) in [5.74, 6) is 0. The molecule has 2 N–H and O–H groups in total. The standard InChI is InChI=1S/C16H12BrN3S/c17-14-8-12(16(18)21)6-7-15(14)20-10-13(9-19-20)11-4-2-1-3-5-11/h1-10H,(H2,18,21). The van der Waals surface area contributed by atoms with Crippen LogP contribution in [-0.4, -0.2) is 14.8 Å². The number of nitrogens with two attached hydrogens (primary N) is 1. The first-order valence-corrected chi connectivity index (χ1v) is 7.55. The lowest BCUT2D eigenvalue weighted by atomic mass is 10.1. The van der Waals surface area contributed by atoms with E-state index in [2.05, 4.69) is 33.2 Å². The Balaban J connectivity index is 1.99. The van der Waals surface area contributed by atoms with E-state index in [0.29, 0.717) is 4.99 Å². The molecule has 3 aromatic rings. The van der Waals surface area contributed by atoms with E-state index in [1.54, 1.807) is 0 Å². The normalized spacial score (nSPS) is 10.5. The van der Waals surface area contributed by atoms with Crippen molar-refractivity contribution >= 4 is 33.1 Å². The third-order valence-corrected chi connectivity index (χ3v) is 4.04. The molecule has 0 amide bonds. The molecule has 0 saturated carbocycles. The van der Waals surface area contributed by atoms with Gasteiger partial charge in [-0.2, -0.15) is 5.10 Å². The van der Waals surface area contributed by atoms with Crippen molar-refractivity contribution < 1.29 is 0 Å². The van der Waals surface area contributed by atoms with Gasteiger partial charge in [0.15, 0.2) is 0 Å². The smallest absolute Gasteiger partial charge is 0.104 e. The van der Waals surface area contributed by atoms with Gasteiger partial charge in [0.25, 0.3) is 0 Å². The van der Waals surface area contributed by atoms with Crippen LogP contribution in [0.5, 0.6) is 0 Å². The number of hydrogen-bond donors (Lipinski definition) is 1. The molecule has 0 saturated heterocycles. The van der Waals surface area contributed by atoms with Crippen LogP contribution in [0.1, 0.15) is 5.56 Å². The fourth-order valence-corrected chi connectivity index (χ4v) is 2.77. The van der Waals surface area contributed by atoms with Crippen LogP contribution >= 0.6 is 28.1 Å². The first-order valence-electron chi connectivity index (χ1n) is 6.35. The van der Waals surface area contributed by atoms with Crippen molar-refractivity contribution in [3.63, 3.8) is 0 Å². The second kappa shape index (κ2) is 5.79. The largest absolute Gasteiger partial charge is 0.389 e. The molecular formula is C16H12BrN3S. The van der Waals surface area contributed by atoms with E-state index in [1.807, 2.05) is 53.5 Å². The number of nitrogens with zero attached hydrogens (tertiary/aromatic N) is 2. The molecule has 0 bridgehead atoms. The average molecular weight is 358 g/mol. The Morgan fingerprint density at radius 1 is 1.10 bits per heavy atom. The van der Waals surface area contributed by atoms with Crippen molar-refractivity contribution in [2.24, 2.45) is 5.73 Å². The van der Waals surface area contributed by atoms with Crippen molar-refractivity contribution in [3.8, 4) is 16.8 Å². The molecule has 0 aliphatic rings. The maximum absolute atomic E-state index is 5.64. The first-order chi connectivity index (χ1) is 10.1. The summed E-state index contributed by atoms with van der Waals surface area (Å²) in [6.07, 6.45) is 3.85. The molecule has 0 atom stereocenters. The average Bonchev–Trinajstić information content (AvgIpc) is 2.97. The van der Waals surface area contributed by atoms with Gasteiger partial charge in [0.05, 0.1) is 11.9 Å². The van der Waals surface area contributed by atoms with Crippen LogP contribution in [0, 0.1) is 0 Å². The molecule has 0 spiro atoms. The van der Waals surface area contributed by atoms with Gasteiger partial charge >= 0.3 is 0 Å². The lowest BCUT2D eigenvalue weighted by Crippen LogP contribution is -2.09. The summed E-state index contributed by atoms with van der Waals surface area (Å²) in [7, 11) is 0. The van der Waals surface area contributed by atoms with Crippen LogP contribution in [-0.2, 0) is 0 Å². The fraction of sp³-hybridized carbons (Fsp3) is 0. The zero-order valence-electron chi connectivity index (χ0n) is 11.0. The number of rotatable bonds is 3.